The van der Waals surface area contributed by atoms with E-state index in [1.165, 1.54) is 16.4 Å². The van der Waals surface area contributed by atoms with Gasteiger partial charge < -0.3 is 15.4 Å². The van der Waals surface area contributed by atoms with Crippen LogP contribution in [0.15, 0.2) is 35.2 Å². The van der Waals surface area contributed by atoms with Crippen molar-refractivity contribution in [2.24, 2.45) is 5.92 Å². The molecular weight excluding hydrogens is 444 g/mol. The molecule has 4 rings (SSSR count). The number of fused-ring (bicyclic) bond motifs is 1. The third kappa shape index (κ3) is 4.30. The van der Waals surface area contributed by atoms with Crippen LogP contribution < -0.4 is 15.4 Å². The Balaban J connectivity index is 1.53. The van der Waals surface area contributed by atoms with Gasteiger partial charge in [-0.25, -0.2) is 17.2 Å². The van der Waals surface area contributed by atoms with Crippen LogP contribution in [0.4, 0.5) is 20.2 Å². The van der Waals surface area contributed by atoms with E-state index in [2.05, 4.69) is 10.6 Å². The fraction of sp³-hybridized carbons (Fsp3) is 0.333. The second kappa shape index (κ2) is 8.47. The van der Waals surface area contributed by atoms with Crippen LogP contribution in [0.2, 0.25) is 0 Å². The molecule has 0 unspecified atom stereocenters. The van der Waals surface area contributed by atoms with Crippen molar-refractivity contribution in [1.82, 2.24) is 4.31 Å². The third-order valence-corrected chi connectivity index (χ3v) is 7.48. The summed E-state index contributed by atoms with van der Waals surface area (Å²) in [6, 6.07) is 5.72. The lowest BCUT2D eigenvalue weighted by Crippen LogP contribution is -2.44. The minimum atomic E-state index is -3.96. The van der Waals surface area contributed by atoms with Crippen LogP contribution in [0.25, 0.3) is 0 Å². The van der Waals surface area contributed by atoms with Crippen LogP contribution in [0.1, 0.15) is 18.4 Å². The lowest BCUT2D eigenvalue weighted by Gasteiger charge is -2.32. The van der Waals surface area contributed by atoms with Gasteiger partial charge in [-0.05, 0) is 43.5 Å². The molecule has 8 nitrogen and oxygen atoms in total. The van der Waals surface area contributed by atoms with E-state index in [1.54, 1.807) is 6.92 Å². The van der Waals surface area contributed by atoms with Gasteiger partial charge in [0.15, 0.2) is 6.61 Å². The molecule has 2 aromatic rings. The molecule has 2 N–H and O–H groups in total. The number of halogens is 2. The Morgan fingerprint density at radius 1 is 1.25 bits per heavy atom. The smallest absolute Gasteiger partial charge is 0.262 e. The predicted molar refractivity (Wildman–Crippen MR) is 112 cm³/mol. The molecule has 2 aromatic carbocycles. The van der Waals surface area contributed by atoms with Crippen molar-refractivity contribution in [2.45, 2.75) is 24.7 Å². The first kappa shape index (κ1) is 22.2. The number of amides is 2. The number of hydrogen-bond acceptors (Lipinski definition) is 5. The molecule has 2 amide bonds. The number of benzene rings is 2. The Morgan fingerprint density at radius 2 is 2.03 bits per heavy atom. The van der Waals surface area contributed by atoms with E-state index in [4.69, 9.17) is 4.74 Å². The Kier molecular flexibility index (Phi) is 5.87. The molecule has 0 saturated carbocycles. The Morgan fingerprint density at radius 3 is 2.78 bits per heavy atom. The number of piperidine rings is 1. The molecule has 2 aliphatic heterocycles. The monoisotopic (exact) mass is 465 g/mol. The summed E-state index contributed by atoms with van der Waals surface area (Å²) in [7, 11) is -3.96. The number of carbonyl (C=O) groups is 2. The van der Waals surface area contributed by atoms with Gasteiger partial charge in [0.1, 0.15) is 17.4 Å². The van der Waals surface area contributed by atoms with Crippen molar-refractivity contribution in [3.63, 3.8) is 0 Å². The van der Waals surface area contributed by atoms with E-state index in [0.717, 1.165) is 12.1 Å². The fourth-order valence-electron chi connectivity index (χ4n) is 3.83. The summed E-state index contributed by atoms with van der Waals surface area (Å²) in [6.07, 6.45) is 0.874. The van der Waals surface area contributed by atoms with Gasteiger partial charge in [0.25, 0.3) is 5.91 Å². The SMILES string of the molecule is Cc1cc2c(cc1S(=O)(=O)N1CCC[C@@H](C(=O)Nc3ccc(F)cc3F)C1)OCC(=O)N2. The number of rotatable bonds is 4. The standard InChI is InChI=1S/C21H21F2N3O5S/c1-12-7-17-18(31-11-20(27)24-17)9-19(12)32(29,30)26-6-2-3-13(10-26)21(28)25-16-5-4-14(22)8-15(16)23/h4-5,7-9,13H,2-3,6,10-11H2,1H3,(H,24,27)(H,25,28)/t13-/m1/s1. The maximum Gasteiger partial charge on any atom is 0.262 e. The maximum absolute atomic E-state index is 13.9. The zero-order chi connectivity index (χ0) is 23.0. The first-order valence-electron chi connectivity index (χ1n) is 9.98. The summed E-state index contributed by atoms with van der Waals surface area (Å²) < 4.78 is 60.2. The zero-order valence-corrected chi connectivity index (χ0v) is 18.0. The van der Waals surface area contributed by atoms with E-state index >= 15 is 0 Å². The van der Waals surface area contributed by atoms with Gasteiger partial charge in [0, 0.05) is 25.2 Å². The van der Waals surface area contributed by atoms with Crippen LogP contribution in [0, 0.1) is 24.5 Å². The first-order chi connectivity index (χ1) is 15.1. The summed E-state index contributed by atoms with van der Waals surface area (Å²) in [6.45, 7) is 1.55. The van der Waals surface area contributed by atoms with E-state index in [1.807, 2.05) is 0 Å². The highest BCUT2D eigenvalue weighted by Crippen LogP contribution is 2.35. The zero-order valence-electron chi connectivity index (χ0n) is 17.2. The number of ether oxygens (including phenoxy) is 1. The molecule has 1 atom stereocenters. The molecule has 0 aliphatic carbocycles. The van der Waals surface area contributed by atoms with Gasteiger partial charge >= 0.3 is 0 Å². The number of nitrogens with zero attached hydrogens (tertiary/aromatic N) is 1. The molecule has 1 fully saturated rings. The Labute approximate surface area is 183 Å². The number of carbonyl (C=O) groups excluding carboxylic acids is 2. The molecule has 1 saturated heterocycles. The minimum absolute atomic E-state index is 0.0260. The molecule has 11 heteroatoms. The fourth-order valence-corrected chi connectivity index (χ4v) is 5.58. The van der Waals surface area contributed by atoms with Crippen LogP contribution in [0.3, 0.4) is 0 Å². The predicted octanol–water partition coefficient (Wildman–Crippen LogP) is 2.64. The molecule has 0 spiro atoms. The van der Waals surface area contributed by atoms with Crippen molar-refractivity contribution in [3.05, 3.63) is 47.5 Å². The molecule has 2 heterocycles. The van der Waals surface area contributed by atoms with Crippen LogP contribution in [0.5, 0.6) is 5.75 Å². The number of hydrogen-bond donors (Lipinski definition) is 2. The van der Waals surface area contributed by atoms with Gasteiger partial charge in [-0.15, -0.1) is 0 Å². The third-order valence-electron chi connectivity index (χ3n) is 5.47. The second-order valence-electron chi connectivity index (χ2n) is 7.77. The second-order valence-corrected chi connectivity index (χ2v) is 9.67. The van der Waals surface area contributed by atoms with Crippen LogP contribution >= 0.6 is 0 Å². The van der Waals surface area contributed by atoms with Crippen molar-refractivity contribution < 1.29 is 31.5 Å². The Hall–Kier alpha value is -3.05. The average Bonchev–Trinajstić information content (AvgIpc) is 2.75. The van der Waals surface area contributed by atoms with Crippen molar-refractivity contribution in [2.75, 3.05) is 30.3 Å². The van der Waals surface area contributed by atoms with Gasteiger partial charge in [-0.2, -0.15) is 4.31 Å². The quantitative estimate of drug-likeness (QED) is 0.723. The van der Waals surface area contributed by atoms with Crippen molar-refractivity contribution >= 4 is 33.2 Å². The van der Waals surface area contributed by atoms with Crippen LogP contribution in [-0.2, 0) is 19.6 Å². The molecule has 0 aromatic heterocycles. The van der Waals surface area contributed by atoms with Gasteiger partial charge in [-0.3, -0.25) is 9.59 Å². The summed E-state index contributed by atoms with van der Waals surface area (Å²) in [5.41, 5.74) is 0.658. The van der Waals surface area contributed by atoms with Gasteiger partial charge in [0.2, 0.25) is 15.9 Å². The minimum Gasteiger partial charge on any atom is -0.482 e. The molecule has 2 aliphatic rings. The summed E-state index contributed by atoms with van der Waals surface area (Å²) in [5, 5.41) is 5.05. The van der Waals surface area contributed by atoms with E-state index < -0.39 is 33.5 Å². The highest BCUT2D eigenvalue weighted by molar-refractivity contribution is 7.89. The number of sulfonamides is 1. The Bertz CT molecular complexity index is 1200. The molecule has 0 bridgehead atoms. The summed E-state index contributed by atoms with van der Waals surface area (Å²) in [4.78, 5) is 24.2. The van der Waals surface area contributed by atoms with E-state index in [9.17, 15) is 26.8 Å². The lowest BCUT2D eigenvalue weighted by molar-refractivity contribution is -0.121. The number of aryl methyl sites for hydroxylation is 1. The molecule has 170 valence electrons. The molecule has 32 heavy (non-hydrogen) atoms. The van der Waals surface area contributed by atoms with Crippen LogP contribution in [-0.4, -0.2) is 44.2 Å². The average molecular weight is 465 g/mol. The highest BCUT2D eigenvalue weighted by Gasteiger charge is 2.35. The van der Waals surface area contributed by atoms with E-state index in [-0.39, 0.29) is 41.9 Å². The van der Waals surface area contributed by atoms with E-state index in [0.29, 0.717) is 30.2 Å². The van der Waals surface area contributed by atoms with Gasteiger partial charge in [-0.1, -0.05) is 0 Å². The summed E-state index contributed by atoms with van der Waals surface area (Å²) in [5.74, 6) is -2.98. The first-order valence-corrected chi connectivity index (χ1v) is 11.4. The molecular formula is C21H21F2N3O5S. The number of nitrogens with one attached hydrogen (secondary N) is 2. The molecule has 0 radical (unpaired) electrons. The highest BCUT2D eigenvalue weighted by atomic mass is 32.2. The van der Waals surface area contributed by atoms with Gasteiger partial charge in [0.05, 0.1) is 22.2 Å². The largest absolute Gasteiger partial charge is 0.482 e. The topological polar surface area (TPSA) is 105 Å². The normalized spacial score (nSPS) is 19.0. The maximum atomic E-state index is 13.9. The van der Waals surface area contributed by atoms with Crippen molar-refractivity contribution in [3.8, 4) is 5.75 Å². The van der Waals surface area contributed by atoms with Crippen molar-refractivity contribution in [1.29, 1.82) is 0 Å². The summed E-state index contributed by atoms with van der Waals surface area (Å²) >= 11 is 0. The lowest BCUT2D eigenvalue weighted by atomic mass is 9.98. The number of anilines is 2.